The van der Waals surface area contributed by atoms with Gasteiger partial charge >= 0.3 is 12.4 Å². The Morgan fingerprint density at radius 1 is 0.895 bits per heavy atom. The van der Waals surface area contributed by atoms with Gasteiger partial charge in [0, 0.05) is 30.9 Å². The van der Waals surface area contributed by atoms with E-state index in [4.69, 9.17) is 0 Å². The van der Waals surface area contributed by atoms with E-state index < -0.39 is 56.2 Å². The normalized spacial score (nSPS) is 18.1. The fourth-order valence-corrected chi connectivity index (χ4v) is 6.51. The fraction of sp³-hybridized carbons (Fsp3) is 0.458. The number of carbonyl (C=O) groups is 1. The smallest absolute Gasteiger partial charge is 0.325 e. The molecule has 0 bridgehead atoms. The molecule has 0 aromatic heterocycles. The van der Waals surface area contributed by atoms with E-state index in [-0.39, 0.29) is 31.4 Å². The standard InChI is InChI=1S/C24H24F7N3O3S/c25-17-10-16(24(29,30)31)11-18(13-17)32-22(35)14-33-8-6-20(7-9-33)34(19-4-5-19)38(36,37)21-3-1-2-15(12-21)23(26,27)28/h1-3,10-13,19-20H,4-9,14H2,(H,32,35). The lowest BCUT2D eigenvalue weighted by atomic mass is 10.0. The minimum atomic E-state index is -4.79. The van der Waals surface area contributed by atoms with Crippen LogP contribution in [0.3, 0.4) is 0 Å². The molecular formula is C24H24F7N3O3S. The number of rotatable bonds is 7. The lowest BCUT2D eigenvalue weighted by Gasteiger charge is -2.37. The molecular weight excluding hydrogens is 543 g/mol. The molecule has 1 amide bonds. The Hall–Kier alpha value is -2.71. The third kappa shape index (κ3) is 6.64. The second-order valence-corrected chi connectivity index (χ2v) is 11.2. The predicted molar refractivity (Wildman–Crippen MR) is 123 cm³/mol. The summed E-state index contributed by atoms with van der Waals surface area (Å²) in [5.74, 6) is -1.82. The lowest BCUT2D eigenvalue weighted by molar-refractivity contribution is -0.138. The molecule has 1 heterocycles. The van der Waals surface area contributed by atoms with Crippen molar-refractivity contribution >= 4 is 21.6 Å². The molecule has 1 aliphatic carbocycles. The molecule has 2 aromatic carbocycles. The van der Waals surface area contributed by atoms with Crippen molar-refractivity contribution in [1.29, 1.82) is 0 Å². The van der Waals surface area contributed by atoms with Crippen LogP contribution in [0.1, 0.15) is 36.8 Å². The average molecular weight is 568 g/mol. The maximum Gasteiger partial charge on any atom is 0.416 e. The van der Waals surface area contributed by atoms with Crippen molar-refractivity contribution < 1.29 is 43.9 Å². The second-order valence-electron chi connectivity index (χ2n) is 9.37. The molecule has 0 radical (unpaired) electrons. The van der Waals surface area contributed by atoms with Crippen LogP contribution in [0.25, 0.3) is 0 Å². The summed E-state index contributed by atoms with van der Waals surface area (Å²) in [4.78, 5) is 13.6. The van der Waals surface area contributed by atoms with Gasteiger partial charge in [0.2, 0.25) is 15.9 Å². The maximum atomic E-state index is 13.6. The van der Waals surface area contributed by atoms with E-state index in [2.05, 4.69) is 5.32 Å². The number of benzene rings is 2. The van der Waals surface area contributed by atoms with Crippen LogP contribution in [0.2, 0.25) is 0 Å². The van der Waals surface area contributed by atoms with Crippen LogP contribution in [0.15, 0.2) is 47.4 Å². The third-order valence-electron chi connectivity index (χ3n) is 6.44. The number of amides is 1. The number of piperidine rings is 1. The molecule has 1 saturated carbocycles. The zero-order valence-electron chi connectivity index (χ0n) is 19.8. The molecule has 0 spiro atoms. The Bertz CT molecular complexity index is 1290. The second kappa shape index (κ2) is 10.5. The van der Waals surface area contributed by atoms with Crippen molar-refractivity contribution in [2.45, 2.75) is 55.0 Å². The van der Waals surface area contributed by atoms with Crippen LogP contribution >= 0.6 is 0 Å². The molecule has 208 valence electrons. The largest absolute Gasteiger partial charge is 0.416 e. The van der Waals surface area contributed by atoms with Crippen LogP contribution < -0.4 is 5.32 Å². The van der Waals surface area contributed by atoms with E-state index in [0.717, 1.165) is 24.3 Å². The van der Waals surface area contributed by atoms with Crippen molar-refractivity contribution in [1.82, 2.24) is 9.21 Å². The molecule has 2 aromatic rings. The molecule has 38 heavy (non-hydrogen) atoms. The number of nitrogens with one attached hydrogen (secondary N) is 1. The van der Waals surface area contributed by atoms with E-state index in [1.165, 1.54) is 4.31 Å². The van der Waals surface area contributed by atoms with Gasteiger partial charge in [0.15, 0.2) is 0 Å². The van der Waals surface area contributed by atoms with Gasteiger partial charge in [-0.25, -0.2) is 12.8 Å². The minimum absolute atomic E-state index is 0.214. The van der Waals surface area contributed by atoms with E-state index in [1.807, 2.05) is 0 Å². The molecule has 14 heteroatoms. The number of carbonyl (C=O) groups excluding carboxylic acids is 1. The van der Waals surface area contributed by atoms with E-state index in [1.54, 1.807) is 4.90 Å². The molecule has 0 atom stereocenters. The van der Waals surface area contributed by atoms with Crippen LogP contribution in [0, 0.1) is 5.82 Å². The first-order valence-electron chi connectivity index (χ1n) is 11.8. The van der Waals surface area contributed by atoms with Gasteiger partial charge in [-0.3, -0.25) is 9.69 Å². The summed E-state index contributed by atoms with van der Waals surface area (Å²) < 4.78 is 120. The summed E-state index contributed by atoms with van der Waals surface area (Å²) in [7, 11) is -4.21. The van der Waals surface area contributed by atoms with Gasteiger partial charge in [-0.05, 0) is 62.1 Å². The zero-order chi connectivity index (χ0) is 27.9. The van der Waals surface area contributed by atoms with Crippen LogP contribution in [0.4, 0.5) is 36.4 Å². The summed E-state index contributed by atoms with van der Waals surface area (Å²) in [6.07, 6.45) is -7.68. The lowest BCUT2D eigenvalue weighted by Crippen LogP contribution is -2.49. The summed E-state index contributed by atoms with van der Waals surface area (Å²) in [6.45, 7) is 0.334. The van der Waals surface area contributed by atoms with Crippen molar-refractivity contribution in [3.63, 3.8) is 0 Å². The average Bonchev–Trinajstić information content (AvgIpc) is 3.64. The predicted octanol–water partition coefficient (Wildman–Crippen LogP) is 5.12. The highest BCUT2D eigenvalue weighted by Crippen LogP contribution is 2.38. The topological polar surface area (TPSA) is 69.7 Å². The zero-order valence-corrected chi connectivity index (χ0v) is 20.6. The summed E-state index contributed by atoms with van der Waals surface area (Å²) in [5.41, 5.74) is -2.64. The third-order valence-corrected chi connectivity index (χ3v) is 8.44. The Morgan fingerprint density at radius 3 is 2.08 bits per heavy atom. The number of sulfonamides is 1. The number of alkyl halides is 6. The molecule has 1 N–H and O–H groups in total. The Labute approximate surface area is 214 Å². The SMILES string of the molecule is O=C(CN1CCC(N(C2CC2)S(=O)(=O)c2cccc(C(F)(F)F)c2)CC1)Nc1cc(F)cc(C(F)(F)F)c1. The van der Waals surface area contributed by atoms with Gasteiger partial charge in [-0.15, -0.1) is 0 Å². The minimum Gasteiger partial charge on any atom is -0.325 e. The number of hydrogen-bond donors (Lipinski definition) is 1. The summed E-state index contributed by atoms with van der Waals surface area (Å²) >= 11 is 0. The fourth-order valence-electron chi connectivity index (χ4n) is 4.54. The van der Waals surface area contributed by atoms with Gasteiger partial charge in [0.05, 0.1) is 22.6 Å². The number of nitrogens with zero attached hydrogens (tertiary/aromatic N) is 2. The Kier molecular flexibility index (Phi) is 7.79. The van der Waals surface area contributed by atoms with Gasteiger partial charge in [-0.1, -0.05) is 6.07 Å². The van der Waals surface area contributed by atoms with E-state index in [0.29, 0.717) is 43.9 Å². The summed E-state index contributed by atoms with van der Waals surface area (Å²) in [5, 5.41) is 2.25. The number of likely N-dealkylation sites (tertiary alicyclic amines) is 1. The Morgan fingerprint density at radius 2 is 1.50 bits per heavy atom. The molecule has 0 unspecified atom stereocenters. The van der Waals surface area contributed by atoms with Crippen LogP contribution in [-0.2, 0) is 27.2 Å². The van der Waals surface area contributed by atoms with Crippen LogP contribution in [0.5, 0.6) is 0 Å². The molecule has 1 aliphatic heterocycles. The first kappa shape index (κ1) is 28.3. The van der Waals surface area contributed by atoms with Crippen LogP contribution in [-0.4, -0.2) is 55.2 Å². The van der Waals surface area contributed by atoms with Gasteiger partial charge in [0.1, 0.15) is 5.82 Å². The molecule has 1 saturated heterocycles. The monoisotopic (exact) mass is 567 g/mol. The highest BCUT2D eigenvalue weighted by atomic mass is 32.2. The van der Waals surface area contributed by atoms with E-state index in [9.17, 15) is 43.9 Å². The quantitative estimate of drug-likeness (QED) is 0.472. The van der Waals surface area contributed by atoms with Gasteiger partial charge in [-0.2, -0.15) is 30.6 Å². The number of halogens is 7. The first-order chi connectivity index (χ1) is 17.6. The molecule has 6 nitrogen and oxygen atoms in total. The Balaban J connectivity index is 1.40. The number of anilines is 1. The number of hydrogen-bond acceptors (Lipinski definition) is 4. The van der Waals surface area contributed by atoms with Crippen molar-refractivity contribution in [2.24, 2.45) is 0 Å². The van der Waals surface area contributed by atoms with E-state index >= 15 is 0 Å². The van der Waals surface area contributed by atoms with Crippen molar-refractivity contribution in [3.8, 4) is 0 Å². The first-order valence-corrected chi connectivity index (χ1v) is 13.2. The maximum absolute atomic E-state index is 13.6. The van der Waals surface area contributed by atoms with Crippen molar-refractivity contribution in [2.75, 3.05) is 25.0 Å². The highest BCUT2D eigenvalue weighted by molar-refractivity contribution is 7.89. The molecule has 2 fully saturated rings. The van der Waals surface area contributed by atoms with Gasteiger partial charge < -0.3 is 5.32 Å². The summed E-state index contributed by atoms with van der Waals surface area (Å²) in [6, 6.07) is 4.53. The molecule has 2 aliphatic rings. The van der Waals surface area contributed by atoms with Crippen molar-refractivity contribution in [3.05, 3.63) is 59.4 Å². The van der Waals surface area contributed by atoms with Gasteiger partial charge in [0.25, 0.3) is 0 Å². The highest BCUT2D eigenvalue weighted by Gasteiger charge is 2.44. The molecule has 4 rings (SSSR count).